The predicted octanol–water partition coefficient (Wildman–Crippen LogP) is 4.31. The topological polar surface area (TPSA) is 122 Å². The third kappa shape index (κ3) is 4.95. The molecule has 0 radical (unpaired) electrons. The molecule has 2 atom stereocenters. The number of carbonyl (C=O) groups excluding carboxylic acids is 1. The number of nitrogens with zero attached hydrogens (tertiary/aromatic N) is 5. The molecule has 3 aromatic rings. The number of anilines is 4. The molecule has 11 heteroatoms. The maximum absolute atomic E-state index is 12.4. The van der Waals surface area contributed by atoms with Gasteiger partial charge in [-0.3, -0.25) is 4.79 Å². The Morgan fingerprint density at radius 3 is 2.55 bits per heavy atom. The summed E-state index contributed by atoms with van der Waals surface area (Å²) >= 11 is 0. The second kappa shape index (κ2) is 9.32. The van der Waals surface area contributed by atoms with Crippen molar-refractivity contribution < 1.29 is 13.7 Å². The summed E-state index contributed by atoms with van der Waals surface area (Å²) in [4.78, 5) is 28.4. The number of carbonyl (C=O) groups is 1. The number of hydrogen-bond acceptors (Lipinski definition) is 9. The highest BCUT2D eigenvalue weighted by molar-refractivity contribution is 7.92. The number of fused-ring (bicyclic) bond motifs is 3. The van der Waals surface area contributed by atoms with Crippen LogP contribution in [0.2, 0.25) is 0 Å². The fourth-order valence-corrected chi connectivity index (χ4v) is 5.61. The van der Waals surface area contributed by atoms with E-state index < -0.39 is 9.73 Å². The van der Waals surface area contributed by atoms with Crippen molar-refractivity contribution >= 4 is 44.7 Å². The minimum Gasteiger partial charge on any atom is -0.374 e. The van der Waals surface area contributed by atoms with Gasteiger partial charge in [0.25, 0.3) is 5.91 Å². The Morgan fingerprint density at radius 1 is 1.13 bits per heavy atom. The molecule has 2 aliphatic heterocycles. The molecule has 4 heterocycles. The predicted molar refractivity (Wildman–Crippen MR) is 149 cm³/mol. The van der Waals surface area contributed by atoms with Crippen molar-refractivity contribution in [1.29, 1.82) is 0 Å². The van der Waals surface area contributed by atoms with Crippen LogP contribution in [0.3, 0.4) is 0 Å². The van der Waals surface area contributed by atoms with Crippen LogP contribution in [0.5, 0.6) is 0 Å². The Kier molecular flexibility index (Phi) is 6.39. The van der Waals surface area contributed by atoms with Gasteiger partial charge < -0.3 is 20.3 Å². The summed E-state index contributed by atoms with van der Waals surface area (Å²) < 4.78 is 22.9. The van der Waals surface area contributed by atoms with E-state index in [1.54, 1.807) is 37.8 Å². The molecule has 0 saturated carbocycles. The van der Waals surface area contributed by atoms with Gasteiger partial charge in [-0.2, -0.15) is 9.35 Å². The van der Waals surface area contributed by atoms with Crippen LogP contribution in [0.25, 0.3) is 0 Å². The van der Waals surface area contributed by atoms with Crippen LogP contribution in [0, 0.1) is 0 Å². The Balaban J connectivity index is 1.57. The first-order valence-electron chi connectivity index (χ1n) is 12.4. The van der Waals surface area contributed by atoms with Crippen molar-refractivity contribution in [1.82, 2.24) is 20.3 Å². The average molecular weight is 536 g/mol. The first-order chi connectivity index (χ1) is 17.9. The Bertz CT molecular complexity index is 1510. The smallest absolute Gasteiger partial charge is 0.251 e. The fourth-order valence-electron chi connectivity index (χ4n) is 5.06. The first-order valence-corrected chi connectivity index (χ1v) is 14.8. The molecule has 1 fully saturated rings. The lowest BCUT2D eigenvalue weighted by Crippen LogP contribution is -2.54. The van der Waals surface area contributed by atoms with Crippen molar-refractivity contribution in [2.75, 3.05) is 36.4 Å². The lowest BCUT2D eigenvalue weighted by molar-refractivity contribution is -0.0893. The maximum Gasteiger partial charge on any atom is 0.251 e. The molecule has 1 aromatic carbocycles. The summed E-state index contributed by atoms with van der Waals surface area (Å²) in [7, 11) is -0.769. The van der Waals surface area contributed by atoms with Crippen LogP contribution in [0.4, 0.5) is 29.1 Å². The van der Waals surface area contributed by atoms with E-state index >= 15 is 0 Å². The number of amides is 1. The number of rotatable bonds is 5. The molecule has 0 bridgehead atoms. The summed E-state index contributed by atoms with van der Waals surface area (Å²) in [6.45, 7) is 6.89. The van der Waals surface area contributed by atoms with Crippen molar-refractivity contribution in [3.63, 3.8) is 0 Å². The van der Waals surface area contributed by atoms with Gasteiger partial charge in [0, 0.05) is 57.7 Å². The van der Waals surface area contributed by atoms with Crippen molar-refractivity contribution in [2.24, 2.45) is 4.36 Å². The van der Waals surface area contributed by atoms with Gasteiger partial charge in [0.1, 0.15) is 11.6 Å². The highest BCUT2D eigenvalue weighted by Crippen LogP contribution is 2.53. The summed E-state index contributed by atoms with van der Waals surface area (Å²) in [5.74, 6) is 2.13. The van der Waals surface area contributed by atoms with E-state index in [1.807, 2.05) is 30.5 Å². The summed E-state index contributed by atoms with van der Waals surface area (Å²) in [5, 5.41) is 5.87. The standard InChI is InChI=1S/C27H33N7O3S/c1-26(2)14-20-27(3,16-37-26)19-15-29-25(30-18-12-10-17(11-13-18)24(35)28-4)32-23(19)34(20)22-9-7-8-21(31-22)33-38(5,6)36/h7-13,15,20H,14,16H2,1-6H3,(H,28,35)(H,29,30,32)/t20-,27-/m1/s1. The van der Waals surface area contributed by atoms with Gasteiger partial charge >= 0.3 is 0 Å². The quantitative estimate of drug-likeness (QED) is 0.496. The number of hydrogen-bond donors (Lipinski definition) is 2. The molecule has 2 N–H and O–H groups in total. The zero-order valence-corrected chi connectivity index (χ0v) is 23.3. The van der Waals surface area contributed by atoms with Crippen molar-refractivity contribution in [2.45, 2.75) is 44.2 Å². The Hall–Kier alpha value is -3.57. The third-order valence-electron chi connectivity index (χ3n) is 7.02. The average Bonchev–Trinajstić information content (AvgIpc) is 3.10. The van der Waals surface area contributed by atoms with Crippen LogP contribution in [-0.4, -0.2) is 62.9 Å². The summed E-state index contributed by atoms with van der Waals surface area (Å²) in [6.07, 6.45) is 5.80. The largest absolute Gasteiger partial charge is 0.374 e. The van der Waals surface area contributed by atoms with Crippen molar-refractivity contribution in [3.05, 3.63) is 59.8 Å². The molecule has 2 aliphatic rings. The minimum absolute atomic E-state index is 0.0213. The number of benzene rings is 1. The van der Waals surface area contributed by atoms with E-state index in [2.05, 4.69) is 45.7 Å². The van der Waals surface area contributed by atoms with Gasteiger partial charge in [0.2, 0.25) is 5.95 Å². The zero-order chi connectivity index (χ0) is 27.3. The third-order valence-corrected chi connectivity index (χ3v) is 7.64. The fraction of sp³-hybridized carbons (Fsp3) is 0.407. The molecular formula is C27H33N7O3S. The molecule has 38 heavy (non-hydrogen) atoms. The second-order valence-electron chi connectivity index (χ2n) is 10.9. The Morgan fingerprint density at radius 2 is 1.87 bits per heavy atom. The van der Waals surface area contributed by atoms with Gasteiger partial charge in [-0.1, -0.05) is 13.0 Å². The van der Waals surface area contributed by atoms with E-state index in [9.17, 15) is 9.00 Å². The van der Waals surface area contributed by atoms with Gasteiger partial charge in [-0.05, 0) is 56.7 Å². The van der Waals surface area contributed by atoms with Crippen LogP contribution in [0.1, 0.15) is 43.1 Å². The van der Waals surface area contributed by atoms with Crippen LogP contribution < -0.4 is 15.5 Å². The molecular weight excluding hydrogens is 502 g/mol. The van der Waals surface area contributed by atoms with E-state index in [4.69, 9.17) is 14.7 Å². The van der Waals surface area contributed by atoms with Crippen LogP contribution in [-0.2, 0) is 19.9 Å². The van der Waals surface area contributed by atoms with Gasteiger partial charge in [0.15, 0.2) is 5.82 Å². The molecule has 0 spiro atoms. The van der Waals surface area contributed by atoms with Gasteiger partial charge in [-0.15, -0.1) is 0 Å². The molecule has 1 amide bonds. The van der Waals surface area contributed by atoms with E-state index in [-0.39, 0.29) is 23.0 Å². The first kappa shape index (κ1) is 26.1. The summed E-state index contributed by atoms with van der Waals surface area (Å²) in [6, 6.07) is 12.7. The van der Waals surface area contributed by atoms with E-state index in [0.29, 0.717) is 29.8 Å². The number of aromatic nitrogens is 3. The van der Waals surface area contributed by atoms with Crippen LogP contribution >= 0.6 is 0 Å². The molecule has 10 nitrogen and oxygen atoms in total. The maximum atomic E-state index is 12.4. The van der Waals surface area contributed by atoms with Crippen LogP contribution in [0.15, 0.2) is 53.0 Å². The number of nitrogens with one attached hydrogen (secondary N) is 2. The molecule has 2 aromatic heterocycles. The normalized spacial score (nSPS) is 21.8. The second-order valence-corrected chi connectivity index (χ2v) is 13.4. The molecule has 0 aliphatic carbocycles. The SMILES string of the molecule is CNC(=O)c1ccc(Nc2ncc3c(n2)N(c2cccc(N=S(C)(C)=O)n2)[C@@H]2CC(C)(C)OC[C@]32C)cc1. The lowest BCUT2D eigenvalue weighted by atomic mass is 9.73. The summed E-state index contributed by atoms with van der Waals surface area (Å²) in [5.41, 5.74) is 1.64. The number of pyridine rings is 1. The van der Waals surface area contributed by atoms with E-state index in [0.717, 1.165) is 23.5 Å². The van der Waals surface area contributed by atoms with Gasteiger partial charge in [0.05, 0.1) is 18.2 Å². The molecule has 200 valence electrons. The molecule has 0 unspecified atom stereocenters. The van der Waals surface area contributed by atoms with Gasteiger partial charge in [-0.25, -0.2) is 14.2 Å². The lowest BCUT2D eigenvalue weighted by Gasteiger charge is -2.46. The monoisotopic (exact) mass is 535 g/mol. The Labute approximate surface area is 223 Å². The van der Waals surface area contributed by atoms with E-state index in [1.165, 1.54) is 0 Å². The highest BCUT2D eigenvalue weighted by Gasteiger charge is 2.55. The number of ether oxygens (including phenoxy) is 1. The van der Waals surface area contributed by atoms with Crippen molar-refractivity contribution in [3.8, 4) is 0 Å². The highest BCUT2D eigenvalue weighted by atomic mass is 32.2. The minimum atomic E-state index is -2.37. The molecule has 1 saturated heterocycles. The zero-order valence-electron chi connectivity index (χ0n) is 22.5. The molecule has 5 rings (SSSR count).